The van der Waals surface area contributed by atoms with Crippen LogP contribution in [0, 0.1) is 0 Å². The van der Waals surface area contributed by atoms with Crippen molar-refractivity contribution in [3.63, 3.8) is 0 Å². The van der Waals surface area contributed by atoms with E-state index in [0.717, 1.165) is 24.2 Å². The summed E-state index contributed by atoms with van der Waals surface area (Å²) < 4.78 is 0. The van der Waals surface area contributed by atoms with E-state index in [1.807, 2.05) is 31.3 Å². The van der Waals surface area contributed by atoms with Crippen molar-refractivity contribution < 1.29 is 4.79 Å². The van der Waals surface area contributed by atoms with Crippen molar-refractivity contribution in [2.24, 2.45) is 5.73 Å². The van der Waals surface area contributed by atoms with Crippen LogP contribution in [0.2, 0.25) is 0 Å². The molecule has 0 radical (unpaired) electrons. The van der Waals surface area contributed by atoms with Gasteiger partial charge in [-0.05, 0) is 31.6 Å². The topological polar surface area (TPSA) is 67.2 Å². The van der Waals surface area contributed by atoms with Gasteiger partial charge in [0, 0.05) is 5.69 Å². The number of nitrogens with one attached hydrogen (secondary N) is 2. The fraction of sp³-hybridized carbons (Fsp3) is 0.300. The summed E-state index contributed by atoms with van der Waals surface area (Å²) in [4.78, 5) is 10.7. The Morgan fingerprint density at radius 1 is 1.43 bits per heavy atom. The minimum atomic E-state index is -0.526. The number of amides is 2. The first kappa shape index (κ1) is 10.5. The number of benzene rings is 1. The molecule has 0 atom stereocenters. The van der Waals surface area contributed by atoms with E-state index in [1.54, 1.807) is 0 Å². The van der Waals surface area contributed by atoms with E-state index in [9.17, 15) is 4.79 Å². The molecule has 4 heteroatoms. The van der Waals surface area contributed by atoms with Crippen LogP contribution in [0.5, 0.6) is 0 Å². The number of para-hydroxylation sites is 1. The van der Waals surface area contributed by atoms with Gasteiger partial charge < -0.3 is 16.4 Å². The molecule has 2 amide bonds. The third kappa shape index (κ3) is 3.06. The quantitative estimate of drug-likeness (QED) is 0.666. The number of likely N-dealkylation sites (N-methyl/N-ethyl adjacent to an activating group) is 1. The Morgan fingerprint density at radius 3 is 2.79 bits per heavy atom. The lowest BCUT2D eigenvalue weighted by molar-refractivity contribution is 0.259. The second-order valence-corrected chi connectivity index (χ2v) is 3.00. The molecule has 0 spiro atoms. The van der Waals surface area contributed by atoms with E-state index >= 15 is 0 Å². The van der Waals surface area contributed by atoms with E-state index in [1.165, 1.54) is 0 Å². The van der Waals surface area contributed by atoms with Crippen LogP contribution in [-0.2, 0) is 6.42 Å². The molecule has 0 fully saturated rings. The largest absolute Gasteiger partial charge is 0.351 e. The fourth-order valence-corrected chi connectivity index (χ4v) is 1.25. The van der Waals surface area contributed by atoms with Crippen LogP contribution in [0.3, 0.4) is 0 Å². The minimum absolute atomic E-state index is 0.526. The number of carbonyl (C=O) groups excluding carboxylic acids is 1. The third-order valence-electron chi connectivity index (χ3n) is 1.92. The van der Waals surface area contributed by atoms with Crippen LogP contribution in [-0.4, -0.2) is 19.6 Å². The highest BCUT2D eigenvalue weighted by atomic mass is 16.2. The van der Waals surface area contributed by atoms with Crippen LogP contribution in [0.25, 0.3) is 0 Å². The first-order valence-electron chi connectivity index (χ1n) is 4.53. The summed E-state index contributed by atoms with van der Waals surface area (Å²) >= 11 is 0. The molecule has 0 aliphatic rings. The first-order chi connectivity index (χ1) is 6.74. The molecule has 0 aliphatic heterocycles. The third-order valence-corrected chi connectivity index (χ3v) is 1.92. The molecule has 0 saturated carbocycles. The maximum Gasteiger partial charge on any atom is 0.316 e. The van der Waals surface area contributed by atoms with Crippen molar-refractivity contribution in [3.8, 4) is 0 Å². The van der Waals surface area contributed by atoms with Crippen LogP contribution in [0.1, 0.15) is 5.56 Å². The predicted molar refractivity (Wildman–Crippen MR) is 57.3 cm³/mol. The van der Waals surface area contributed by atoms with E-state index in [0.29, 0.717) is 0 Å². The molecule has 0 aromatic heterocycles. The average Bonchev–Trinajstić information content (AvgIpc) is 2.16. The monoisotopic (exact) mass is 193 g/mol. The number of urea groups is 1. The van der Waals surface area contributed by atoms with Crippen molar-refractivity contribution in [3.05, 3.63) is 29.8 Å². The molecule has 0 unspecified atom stereocenters. The number of rotatable bonds is 4. The Balaban J connectivity index is 2.74. The van der Waals surface area contributed by atoms with Gasteiger partial charge in [0.1, 0.15) is 0 Å². The van der Waals surface area contributed by atoms with Crippen molar-refractivity contribution in [2.45, 2.75) is 6.42 Å². The lowest BCUT2D eigenvalue weighted by atomic mass is 10.1. The molecule has 76 valence electrons. The van der Waals surface area contributed by atoms with Gasteiger partial charge in [-0.15, -0.1) is 0 Å². The molecule has 0 heterocycles. The van der Waals surface area contributed by atoms with Gasteiger partial charge in [-0.3, -0.25) is 0 Å². The lowest BCUT2D eigenvalue weighted by Gasteiger charge is -2.08. The van der Waals surface area contributed by atoms with Gasteiger partial charge in [0.05, 0.1) is 0 Å². The Bertz CT molecular complexity index is 312. The van der Waals surface area contributed by atoms with Gasteiger partial charge in [0.15, 0.2) is 0 Å². The highest BCUT2D eigenvalue weighted by molar-refractivity contribution is 5.88. The molecule has 0 saturated heterocycles. The summed E-state index contributed by atoms with van der Waals surface area (Å²) in [5.41, 5.74) is 6.93. The molecule has 14 heavy (non-hydrogen) atoms. The average molecular weight is 193 g/mol. The van der Waals surface area contributed by atoms with Crippen LogP contribution in [0.4, 0.5) is 10.5 Å². The normalized spacial score (nSPS) is 9.79. The summed E-state index contributed by atoms with van der Waals surface area (Å²) in [5.74, 6) is 0. The van der Waals surface area contributed by atoms with Crippen molar-refractivity contribution >= 4 is 11.7 Å². The maximum atomic E-state index is 10.7. The minimum Gasteiger partial charge on any atom is -0.351 e. The zero-order chi connectivity index (χ0) is 10.4. The summed E-state index contributed by atoms with van der Waals surface area (Å²) in [7, 11) is 1.89. The van der Waals surface area contributed by atoms with E-state index in [4.69, 9.17) is 5.73 Å². The van der Waals surface area contributed by atoms with Crippen molar-refractivity contribution in [1.29, 1.82) is 0 Å². The van der Waals surface area contributed by atoms with Crippen molar-refractivity contribution in [1.82, 2.24) is 5.32 Å². The Labute approximate surface area is 83.5 Å². The SMILES string of the molecule is CNCCc1ccccc1NC(N)=O. The van der Waals surface area contributed by atoms with Crippen LogP contribution >= 0.6 is 0 Å². The maximum absolute atomic E-state index is 10.7. The standard InChI is InChI=1S/C10H15N3O/c1-12-7-6-8-4-2-3-5-9(8)13-10(11)14/h2-5,12H,6-7H2,1H3,(H3,11,13,14). The smallest absolute Gasteiger partial charge is 0.316 e. The van der Waals surface area contributed by atoms with Gasteiger partial charge in [-0.25, -0.2) is 4.79 Å². The molecule has 4 nitrogen and oxygen atoms in total. The molecule has 4 N–H and O–H groups in total. The van der Waals surface area contributed by atoms with E-state index < -0.39 is 6.03 Å². The van der Waals surface area contributed by atoms with Crippen LogP contribution in [0.15, 0.2) is 24.3 Å². The zero-order valence-corrected chi connectivity index (χ0v) is 8.21. The summed E-state index contributed by atoms with van der Waals surface area (Å²) in [6.45, 7) is 0.872. The van der Waals surface area contributed by atoms with Gasteiger partial charge >= 0.3 is 6.03 Å². The molecule has 0 bridgehead atoms. The van der Waals surface area contributed by atoms with E-state index in [2.05, 4.69) is 10.6 Å². The molecule has 1 rings (SSSR count). The molecular weight excluding hydrogens is 178 g/mol. The van der Waals surface area contributed by atoms with E-state index in [-0.39, 0.29) is 0 Å². The van der Waals surface area contributed by atoms with Crippen LogP contribution < -0.4 is 16.4 Å². The molecule has 0 aliphatic carbocycles. The highest BCUT2D eigenvalue weighted by Crippen LogP contribution is 2.14. The Hall–Kier alpha value is -1.55. The Kier molecular flexibility index (Phi) is 3.94. The highest BCUT2D eigenvalue weighted by Gasteiger charge is 2.02. The molecule has 1 aromatic carbocycles. The summed E-state index contributed by atoms with van der Waals surface area (Å²) in [6.07, 6.45) is 0.868. The van der Waals surface area contributed by atoms with Gasteiger partial charge in [0.2, 0.25) is 0 Å². The number of nitrogens with two attached hydrogens (primary N) is 1. The van der Waals surface area contributed by atoms with Gasteiger partial charge in [-0.2, -0.15) is 0 Å². The number of primary amides is 1. The second kappa shape index (κ2) is 5.24. The summed E-state index contributed by atoms with van der Waals surface area (Å²) in [6, 6.07) is 7.10. The lowest BCUT2D eigenvalue weighted by Crippen LogP contribution is -2.21. The summed E-state index contributed by atoms with van der Waals surface area (Å²) in [5, 5.41) is 5.65. The van der Waals surface area contributed by atoms with Crippen molar-refractivity contribution in [2.75, 3.05) is 18.9 Å². The fourth-order valence-electron chi connectivity index (χ4n) is 1.25. The first-order valence-corrected chi connectivity index (χ1v) is 4.53. The second-order valence-electron chi connectivity index (χ2n) is 3.00. The predicted octanol–water partition coefficient (Wildman–Crippen LogP) is 0.939. The number of hydrogen-bond acceptors (Lipinski definition) is 2. The number of anilines is 1. The Morgan fingerprint density at radius 2 is 2.14 bits per heavy atom. The number of carbonyl (C=O) groups is 1. The molecule has 1 aromatic rings. The van der Waals surface area contributed by atoms with Gasteiger partial charge in [-0.1, -0.05) is 18.2 Å². The number of hydrogen-bond donors (Lipinski definition) is 3. The zero-order valence-electron chi connectivity index (χ0n) is 8.21. The molecular formula is C10H15N3O. The van der Waals surface area contributed by atoms with Gasteiger partial charge in [0.25, 0.3) is 0 Å².